The maximum atomic E-state index is 10.9. The van der Waals surface area contributed by atoms with Crippen molar-refractivity contribution in [2.24, 2.45) is 0 Å². The van der Waals surface area contributed by atoms with Gasteiger partial charge < -0.3 is 5.11 Å². The lowest BCUT2D eigenvalue weighted by atomic mass is 9.96. The van der Waals surface area contributed by atoms with Gasteiger partial charge in [0.05, 0.1) is 5.56 Å². The zero-order valence-electron chi connectivity index (χ0n) is 8.92. The zero-order valence-corrected chi connectivity index (χ0v) is 8.92. The summed E-state index contributed by atoms with van der Waals surface area (Å²) in [7, 11) is 0. The second-order valence-electron chi connectivity index (χ2n) is 3.45. The van der Waals surface area contributed by atoms with E-state index in [1.807, 2.05) is 19.9 Å². The summed E-state index contributed by atoms with van der Waals surface area (Å²) in [6, 6.07) is 3.79. The van der Waals surface area contributed by atoms with Crippen LogP contribution in [0.15, 0.2) is 12.1 Å². The summed E-state index contributed by atoms with van der Waals surface area (Å²) < 4.78 is 0. The van der Waals surface area contributed by atoms with E-state index in [-0.39, 0.29) is 0 Å². The van der Waals surface area contributed by atoms with Crippen LogP contribution in [0.1, 0.15) is 40.9 Å². The Kier molecular flexibility index (Phi) is 3.28. The number of aryl methyl sites for hydroxylation is 3. The van der Waals surface area contributed by atoms with Gasteiger partial charge in [-0.15, -0.1) is 0 Å². The highest BCUT2D eigenvalue weighted by molar-refractivity contribution is 5.89. The minimum Gasteiger partial charge on any atom is -0.478 e. The van der Waals surface area contributed by atoms with Gasteiger partial charge in [0.2, 0.25) is 0 Å². The van der Waals surface area contributed by atoms with Gasteiger partial charge in [0.15, 0.2) is 0 Å². The van der Waals surface area contributed by atoms with Gasteiger partial charge >= 0.3 is 5.97 Å². The number of benzene rings is 1. The molecule has 0 saturated carbocycles. The van der Waals surface area contributed by atoms with Crippen LogP contribution in [0, 0.1) is 6.92 Å². The summed E-state index contributed by atoms with van der Waals surface area (Å²) in [5, 5.41) is 8.98. The molecule has 1 aromatic carbocycles. The fraction of sp³-hybridized carbons (Fsp3) is 0.417. The van der Waals surface area contributed by atoms with Gasteiger partial charge in [-0.05, 0) is 42.5 Å². The topological polar surface area (TPSA) is 37.3 Å². The van der Waals surface area contributed by atoms with Crippen molar-refractivity contribution < 1.29 is 9.90 Å². The minimum absolute atomic E-state index is 0.446. The maximum absolute atomic E-state index is 10.9. The molecule has 1 rings (SSSR count). The number of carboxylic acid groups (broad SMARTS) is 1. The van der Waals surface area contributed by atoms with Crippen LogP contribution in [0.4, 0.5) is 0 Å². The van der Waals surface area contributed by atoms with Crippen molar-refractivity contribution >= 4 is 5.97 Å². The molecule has 76 valence electrons. The highest BCUT2D eigenvalue weighted by Crippen LogP contribution is 2.17. The lowest BCUT2D eigenvalue weighted by Gasteiger charge is -2.09. The molecule has 0 aromatic heterocycles. The Morgan fingerprint density at radius 2 is 1.79 bits per heavy atom. The van der Waals surface area contributed by atoms with Crippen molar-refractivity contribution in [2.75, 3.05) is 0 Å². The number of carbonyl (C=O) groups is 1. The Bertz CT molecular complexity index is 354. The van der Waals surface area contributed by atoms with E-state index in [2.05, 4.69) is 6.92 Å². The third-order valence-electron chi connectivity index (χ3n) is 2.55. The summed E-state index contributed by atoms with van der Waals surface area (Å²) in [4.78, 5) is 10.9. The van der Waals surface area contributed by atoms with E-state index >= 15 is 0 Å². The first kappa shape index (κ1) is 10.8. The fourth-order valence-corrected chi connectivity index (χ4v) is 1.68. The van der Waals surface area contributed by atoms with Gasteiger partial charge in [-0.1, -0.05) is 19.9 Å². The third-order valence-corrected chi connectivity index (χ3v) is 2.55. The maximum Gasteiger partial charge on any atom is 0.335 e. The van der Waals surface area contributed by atoms with E-state index in [1.54, 1.807) is 6.07 Å². The fourth-order valence-electron chi connectivity index (χ4n) is 1.68. The van der Waals surface area contributed by atoms with E-state index < -0.39 is 5.97 Å². The Hall–Kier alpha value is -1.31. The minimum atomic E-state index is -0.826. The summed E-state index contributed by atoms with van der Waals surface area (Å²) in [5.41, 5.74) is 3.69. The summed E-state index contributed by atoms with van der Waals surface area (Å²) in [6.45, 7) is 6.03. The Balaban J connectivity index is 3.31. The van der Waals surface area contributed by atoms with E-state index in [0.717, 1.165) is 24.0 Å². The van der Waals surface area contributed by atoms with Crippen LogP contribution >= 0.6 is 0 Å². The second-order valence-corrected chi connectivity index (χ2v) is 3.45. The molecule has 0 spiro atoms. The molecule has 1 aromatic rings. The van der Waals surface area contributed by atoms with Gasteiger partial charge in [-0.2, -0.15) is 0 Å². The molecule has 0 aliphatic rings. The van der Waals surface area contributed by atoms with Crippen LogP contribution in [-0.4, -0.2) is 11.1 Å². The first-order valence-electron chi connectivity index (χ1n) is 4.95. The number of rotatable bonds is 3. The van der Waals surface area contributed by atoms with Crippen molar-refractivity contribution in [3.63, 3.8) is 0 Å². The van der Waals surface area contributed by atoms with Crippen molar-refractivity contribution in [1.82, 2.24) is 0 Å². The van der Waals surface area contributed by atoms with Gasteiger partial charge in [0, 0.05) is 0 Å². The molecule has 1 N–H and O–H groups in total. The van der Waals surface area contributed by atoms with E-state index in [1.165, 1.54) is 5.56 Å². The lowest BCUT2D eigenvalue weighted by molar-refractivity contribution is 0.0695. The van der Waals surface area contributed by atoms with Crippen LogP contribution in [0.3, 0.4) is 0 Å². The molecule has 0 unspecified atom stereocenters. The first-order chi connectivity index (χ1) is 6.60. The molecule has 14 heavy (non-hydrogen) atoms. The molecular weight excluding hydrogens is 176 g/mol. The SMILES string of the molecule is CCc1cc(CC)c(C(=O)O)cc1C. The summed E-state index contributed by atoms with van der Waals surface area (Å²) in [6.07, 6.45) is 1.73. The summed E-state index contributed by atoms with van der Waals surface area (Å²) >= 11 is 0. The molecule has 0 atom stereocenters. The molecule has 0 aliphatic carbocycles. The molecule has 0 radical (unpaired) electrons. The predicted octanol–water partition coefficient (Wildman–Crippen LogP) is 2.82. The van der Waals surface area contributed by atoms with Crippen LogP contribution in [0.2, 0.25) is 0 Å². The van der Waals surface area contributed by atoms with Crippen molar-refractivity contribution in [2.45, 2.75) is 33.6 Å². The largest absolute Gasteiger partial charge is 0.478 e. The third kappa shape index (κ3) is 1.95. The molecule has 0 heterocycles. The Morgan fingerprint density at radius 3 is 2.21 bits per heavy atom. The normalized spacial score (nSPS) is 10.2. The number of aromatic carboxylic acids is 1. The van der Waals surface area contributed by atoms with Gasteiger partial charge in [0.1, 0.15) is 0 Å². The molecule has 0 amide bonds. The lowest BCUT2D eigenvalue weighted by Crippen LogP contribution is -2.04. The first-order valence-corrected chi connectivity index (χ1v) is 4.95. The average molecular weight is 192 g/mol. The van der Waals surface area contributed by atoms with Crippen LogP contribution in [0.5, 0.6) is 0 Å². The second kappa shape index (κ2) is 4.27. The van der Waals surface area contributed by atoms with Crippen LogP contribution < -0.4 is 0 Å². The number of hydrogen-bond acceptors (Lipinski definition) is 1. The Labute approximate surface area is 84.6 Å². The predicted molar refractivity (Wildman–Crippen MR) is 56.9 cm³/mol. The molecule has 0 fully saturated rings. The van der Waals surface area contributed by atoms with Gasteiger partial charge in [0.25, 0.3) is 0 Å². The van der Waals surface area contributed by atoms with Crippen molar-refractivity contribution in [3.8, 4) is 0 Å². The molecular formula is C12H16O2. The van der Waals surface area contributed by atoms with Crippen molar-refractivity contribution in [1.29, 1.82) is 0 Å². The zero-order chi connectivity index (χ0) is 10.7. The van der Waals surface area contributed by atoms with Crippen LogP contribution in [0.25, 0.3) is 0 Å². The van der Waals surface area contributed by atoms with E-state index in [0.29, 0.717) is 5.56 Å². The summed E-state index contributed by atoms with van der Waals surface area (Å²) in [5.74, 6) is -0.826. The standard InChI is InChI=1S/C12H16O2/c1-4-9-7-10(5-2)11(12(13)14)6-8(9)3/h6-7H,4-5H2,1-3H3,(H,13,14). The van der Waals surface area contributed by atoms with E-state index in [4.69, 9.17) is 5.11 Å². The Morgan fingerprint density at radius 1 is 1.21 bits per heavy atom. The highest BCUT2D eigenvalue weighted by atomic mass is 16.4. The molecule has 0 saturated heterocycles. The highest BCUT2D eigenvalue weighted by Gasteiger charge is 2.10. The number of carboxylic acids is 1. The molecule has 0 bridgehead atoms. The molecule has 0 aliphatic heterocycles. The van der Waals surface area contributed by atoms with Crippen LogP contribution in [-0.2, 0) is 12.8 Å². The van der Waals surface area contributed by atoms with Gasteiger partial charge in [-0.25, -0.2) is 4.79 Å². The van der Waals surface area contributed by atoms with Crippen molar-refractivity contribution in [3.05, 3.63) is 34.4 Å². The molecule has 2 heteroatoms. The smallest absolute Gasteiger partial charge is 0.335 e. The quantitative estimate of drug-likeness (QED) is 0.799. The average Bonchev–Trinajstić information content (AvgIpc) is 2.17. The van der Waals surface area contributed by atoms with Gasteiger partial charge in [-0.3, -0.25) is 0 Å². The molecule has 2 nitrogen and oxygen atoms in total. The number of hydrogen-bond donors (Lipinski definition) is 1. The van der Waals surface area contributed by atoms with E-state index in [9.17, 15) is 4.79 Å². The monoisotopic (exact) mass is 192 g/mol.